The number of hydrogen-bond donors (Lipinski definition) is 0. The fraction of sp³-hybridized carbons (Fsp3) is 0.381. The van der Waals surface area contributed by atoms with Gasteiger partial charge in [-0.25, -0.2) is 0 Å². The molecule has 1 atom stereocenters. The molecule has 0 aliphatic carbocycles. The second-order valence-electron chi connectivity index (χ2n) is 6.55. The number of hydrogen-bond acceptors (Lipinski definition) is 4. The Balaban J connectivity index is 1.72. The molecule has 0 spiro atoms. The molecule has 144 valence electrons. The van der Waals surface area contributed by atoms with E-state index in [9.17, 15) is 4.79 Å². The molecule has 0 aromatic heterocycles. The average molecular weight is 390 g/mol. The van der Waals surface area contributed by atoms with Crippen LogP contribution in [0, 0.1) is 6.92 Å². The Kier molecular flexibility index (Phi) is 6.11. The highest BCUT2D eigenvalue weighted by Gasteiger charge is 2.32. The number of rotatable bonds is 6. The van der Waals surface area contributed by atoms with Gasteiger partial charge in [0.1, 0.15) is 17.2 Å². The molecular weight excluding hydrogens is 366 g/mol. The number of likely N-dealkylation sites (tertiary alicyclic amines) is 1. The Morgan fingerprint density at radius 3 is 2.63 bits per heavy atom. The van der Waals surface area contributed by atoms with E-state index in [0.717, 1.165) is 35.5 Å². The van der Waals surface area contributed by atoms with Gasteiger partial charge in [0, 0.05) is 23.2 Å². The molecule has 1 saturated heterocycles. The number of nitrogens with zero attached hydrogens (tertiary/aromatic N) is 1. The molecule has 2 aromatic carbocycles. The van der Waals surface area contributed by atoms with E-state index < -0.39 is 0 Å². The molecule has 0 bridgehead atoms. The first-order valence-electron chi connectivity index (χ1n) is 8.94. The Morgan fingerprint density at radius 2 is 1.93 bits per heavy atom. The summed E-state index contributed by atoms with van der Waals surface area (Å²) in [4.78, 5) is 14.7. The van der Waals surface area contributed by atoms with Crippen LogP contribution in [0.4, 0.5) is 0 Å². The number of halogens is 1. The lowest BCUT2D eigenvalue weighted by Gasteiger charge is -2.26. The lowest BCUT2D eigenvalue weighted by atomic mass is 10.0. The number of methoxy groups -OCH3 is 2. The molecule has 1 aliphatic heterocycles. The van der Waals surface area contributed by atoms with Crippen LogP contribution in [-0.4, -0.2) is 38.2 Å². The first kappa shape index (κ1) is 19.4. The van der Waals surface area contributed by atoms with Gasteiger partial charge in [0.25, 0.3) is 5.91 Å². The van der Waals surface area contributed by atoms with Gasteiger partial charge in [-0.1, -0.05) is 11.6 Å². The van der Waals surface area contributed by atoms with E-state index in [2.05, 4.69) is 0 Å². The summed E-state index contributed by atoms with van der Waals surface area (Å²) in [5.41, 5.74) is 1.91. The summed E-state index contributed by atoms with van der Waals surface area (Å²) in [5, 5.41) is 0.680. The van der Waals surface area contributed by atoms with Crippen molar-refractivity contribution < 1.29 is 19.0 Å². The number of benzene rings is 2. The Morgan fingerprint density at radius 1 is 1.15 bits per heavy atom. The quantitative estimate of drug-likeness (QED) is 0.734. The summed E-state index contributed by atoms with van der Waals surface area (Å²) in [6, 6.07) is 11.1. The molecule has 27 heavy (non-hydrogen) atoms. The molecule has 6 heteroatoms. The second-order valence-corrected chi connectivity index (χ2v) is 6.96. The van der Waals surface area contributed by atoms with Crippen molar-refractivity contribution in [1.29, 1.82) is 0 Å². The molecule has 5 nitrogen and oxygen atoms in total. The normalized spacial score (nSPS) is 16.3. The van der Waals surface area contributed by atoms with Gasteiger partial charge >= 0.3 is 0 Å². The summed E-state index contributed by atoms with van der Waals surface area (Å²) in [6.07, 6.45) is 1.85. The zero-order valence-electron chi connectivity index (χ0n) is 15.8. The maximum absolute atomic E-state index is 12.8. The lowest BCUT2D eigenvalue weighted by molar-refractivity contribution is -0.134. The van der Waals surface area contributed by atoms with Gasteiger partial charge in [0.2, 0.25) is 0 Å². The predicted octanol–water partition coefficient (Wildman–Crippen LogP) is 4.41. The van der Waals surface area contributed by atoms with Crippen LogP contribution in [0.3, 0.4) is 0 Å². The van der Waals surface area contributed by atoms with Crippen molar-refractivity contribution in [3.05, 3.63) is 52.5 Å². The van der Waals surface area contributed by atoms with Crippen molar-refractivity contribution in [3.8, 4) is 17.2 Å². The van der Waals surface area contributed by atoms with E-state index in [1.54, 1.807) is 26.4 Å². The maximum atomic E-state index is 12.8. The summed E-state index contributed by atoms with van der Waals surface area (Å²) in [6.45, 7) is 2.61. The molecule has 2 aromatic rings. The van der Waals surface area contributed by atoms with Gasteiger partial charge in [-0.3, -0.25) is 4.79 Å². The van der Waals surface area contributed by atoms with Crippen molar-refractivity contribution in [2.75, 3.05) is 27.4 Å². The second kappa shape index (κ2) is 8.53. The molecule has 1 aliphatic rings. The Hall–Kier alpha value is -2.40. The number of carbonyl (C=O) groups is 1. The maximum Gasteiger partial charge on any atom is 0.261 e. The SMILES string of the molecule is COc1ccc([C@@H]2CCCN2C(=O)COc2ccc(Cl)c(C)c2)c(OC)c1. The van der Waals surface area contributed by atoms with Crippen LogP contribution < -0.4 is 14.2 Å². The minimum Gasteiger partial charge on any atom is -0.497 e. The predicted molar refractivity (Wildman–Crippen MR) is 105 cm³/mol. The molecular formula is C21H24ClNO4. The molecule has 0 radical (unpaired) electrons. The number of amides is 1. The summed E-state index contributed by atoms with van der Waals surface area (Å²) >= 11 is 6.03. The summed E-state index contributed by atoms with van der Waals surface area (Å²) < 4.78 is 16.5. The zero-order valence-corrected chi connectivity index (χ0v) is 16.6. The first-order valence-corrected chi connectivity index (χ1v) is 9.31. The first-order chi connectivity index (χ1) is 13.0. The van der Waals surface area contributed by atoms with Crippen LogP contribution in [0.5, 0.6) is 17.2 Å². The van der Waals surface area contributed by atoms with E-state index in [-0.39, 0.29) is 18.6 Å². The number of carbonyl (C=O) groups excluding carboxylic acids is 1. The zero-order chi connectivity index (χ0) is 19.4. The lowest BCUT2D eigenvalue weighted by Crippen LogP contribution is -2.34. The third-order valence-corrected chi connectivity index (χ3v) is 5.29. The van der Waals surface area contributed by atoms with Crippen LogP contribution in [0.2, 0.25) is 5.02 Å². The molecule has 1 amide bonds. The highest BCUT2D eigenvalue weighted by Crippen LogP contribution is 2.38. The molecule has 1 heterocycles. The highest BCUT2D eigenvalue weighted by atomic mass is 35.5. The molecule has 0 saturated carbocycles. The summed E-state index contributed by atoms with van der Waals surface area (Å²) in [5.74, 6) is 2.06. The van der Waals surface area contributed by atoms with Gasteiger partial charge in [-0.15, -0.1) is 0 Å². The minimum absolute atomic E-state index is 0.00393. The van der Waals surface area contributed by atoms with Gasteiger partial charge in [-0.2, -0.15) is 0 Å². The fourth-order valence-electron chi connectivity index (χ4n) is 3.42. The molecule has 3 rings (SSSR count). The molecule has 0 unspecified atom stereocenters. The number of aryl methyl sites for hydroxylation is 1. The minimum atomic E-state index is -0.0389. The van der Waals surface area contributed by atoms with Crippen molar-refractivity contribution in [2.24, 2.45) is 0 Å². The van der Waals surface area contributed by atoms with E-state index in [1.807, 2.05) is 36.1 Å². The van der Waals surface area contributed by atoms with E-state index in [4.69, 9.17) is 25.8 Å². The van der Waals surface area contributed by atoms with Crippen molar-refractivity contribution in [3.63, 3.8) is 0 Å². The van der Waals surface area contributed by atoms with E-state index >= 15 is 0 Å². The van der Waals surface area contributed by atoms with Gasteiger partial charge in [0.15, 0.2) is 6.61 Å². The Labute approximate surface area is 164 Å². The molecule has 0 N–H and O–H groups in total. The fourth-order valence-corrected chi connectivity index (χ4v) is 3.53. The van der Waals surface area contributed by atoms with Gasteiger partial charge in [-0.05, 0) is 55.7 Å². The largest absolute Gasteiger partial charge is 0.497 e. The van der Waals surface area contributed by atoms with E-state index in [0.29, 0.717) is 17.3 Å². The van der Waals surface area contributed by atoms with Crippen LogP contribution >= 0.6 is 11.6 Å². The Bertz CT molecular complexity index is 824. The monoisotopic (exact) mass is 389 g/mol. The topological polar surface area (TPSA) is 48.0 Å². The molecule has 1 fully saturated rings. The van der Waals surface area contributed by atoms with Crippen LogP contribution in [0.1, 0.15) is 30.0 Å². The standard InChI is InChI=1S/C21H24ClNO4/c1-14-11-16(7-9-18(14)22)27-13-21(24)23-10-4-5-19(23)17-8-6-15(25-2)12-20(17)26-3/h6-9,11-12,19H,4-5,10,13H2,1-3H3/t19-/m0/s1. The third kappa shape index (κ3) is 4.30. The smallest absolute Gasteiger partial charge is 0.261 e. The van der Waals surface area contributed by atoms with Crippen molar-refractivity contribution >= 4 is 17.5 Å². The van der Waals surface area contributed by atoms with Crippen LogP contribution in [0.25, 0.3) is 0 Å². The third-order valence-electron chi connectivity index (χ3n) is 4.86. The van der Waals surface area contributed by atoms with Crippen molar-refractivity contribution in [2.45, 2.75) is 25.8 Å². The van der Waals surface area contributed by atoms with E-state index in [1.165, 1.54) is 0 Å². The summed E-state index contributed by atoms with van der Waals surface area (Å²) in [7, 11) is 3.25. The average Bonchev–Trinajstić information content (AvgIpc) is 3.17. The van der Waals surface area contributed by atoms with Gasteiger partial charge < -0.3 is 19.1 Å². The van der Waals surface area contributed by atoms with Crippen LogP contribution in [-0.2, 0) is 4.79 Å². The van der Waals surface area contributed by atoms with Crippen LogP contribution in [0.15, 0.2) is 36.4 Å². The van der Waals surface area contributed by atoms with Crippen molar-refractivity contribution in [1.82, 2.24) is 4.90 Å². The number of ether oxygens (including phenoxy) is 3. The van der Waals surface area contributed by atoms with Gasteiger partial charge in [0.05, 0.1) is 20.3 Å². The highest BCUT2D eigenvalue weighted by molar-refractivity contribution is 6.31.